The third-order valence-electron chi connectivity index (χ3n) is 2.16. The molecule has 0 fully saturated rings. The zero-order valence-corrected chi connectivity index (χ0v) is 11.8. The average Bonchev–Trinajstić information content (AvgIpc) is 2.48. The summed E-state index contributed by atoms with van der Waals surface area (Å²) in [6, 6.07) is 7.00. The molecule has 1 aromatic heterocycles. The molecule has 15 heavy (non-hydrogen) atoms. The van der Waals surface area contributed by atoms with Gasteiger partial charge in [-0.3, -0.25) is 0 Å². The average molecular weight is 255 g/mol. The Hall–Kier alpha value is -1.15. The van der Waals surface area contributed by atoms with Gasteiger partial charge in [-0.05, 0) is 26.0 Å². The number of para-hydroxylation sites is 1. The molecule has 0 saturated heterocycles. The smallest absolute Gasteiger partial charge is 0.230 e. The van der Waals surface area contributed by atoms with Crippen LogP contribution in [0.4, 0.5) is 0 Å². The summed E-state index contributed by atoms with van der Waals surface area (Å²) in [5, 5.41) is 9.56. The van der Waals surface area contributed by atoms with Crippen molar-refractivity contribution in [1.82, 2.24) is 4.98 Å². The molecule has 1 heterocycles. The minimum absolute atomic E-state index is 0. The molecule has 2 rings (SSSR count). The molecule has 0 aliphatic carbocycles. The van der Waals surface area contributed by atoms with Gasteiger partial charge in [-0.25, -0.2) is 4.98 Å². The van der Waals surface area contributed by atoms with Gasteiger partial charge >= 0.3 is 0 Å². The van der Waals surface area contributed by atoms with Crippen LogP contribution in [0.5, 0.6) is 5.75 Å². The summed E-state index contributed by atoms with van der Waals surface area (Å²) in [5.41, 5.74) is 1.48. The van der Waals surface area contributed by atoms with Gasteiger partial charge in [0.05, 0.1) is 11.3 Å². The van der Waals surface area contributed by atoms with Crippen molar-refractivity contribution in [2.24, 2.45) is 0 Å². The Morgan fingerprint density at radius 2 is 1.87 bits per heavy atom. The van der Waals surface area contributed by atoms with Crippen molar-refractivity contribution in [3.05, 3.63) is 35.7 Å². The summed E-state index contributed by atoms with van der Waals surface area (Å²) in [6.07, 6.45) is 0. The first kappa shape index (κ1) is 11.9. The topological polar surface area (TPSA) is 46.3 Å². The van der Waals surface area contributed by atoms with Crippen molar-refractivity contribution in [3.8, 4) is 17.2 Å². The molecule has 1 aromatic carbocycles. The predicted molar refractivity (Wildman–Crippen MR) is 53.1 cm³/mol. The first-order valence-corrected chi connectivity index (χ1v) is 4.41. The number of aryl methyl sites for hydroxylation is 2. The molecule has 0 atom stereocenters. The Bertz CT molecular complexity index is 446. The number of nitrogens with zero attached hydrogens (tertiary/aromatic N) is 1. The molecule has 74 valence electrons. The van der Waals surface area contributed by atoms with E-state index in [-0.39, 0.29) is 25.2 Å². The Balaban J connectivity index is 0.00000112. The van der Waals surface area contributed by atoms with E-state index in [0.717, 1.165) is 11.5 Å². The predicted octanol–water partition coefficient (Wildman–Crippen LogP) is 2.66. The number of hydrogen-bond acceptors (Lipinski definition) is 3. The van der Waals surface area contributed by atoms with Crippen LogP contribution in [0.15, 0.2) is 28.7 Å². The van der Waals surface area contributed by atoms with Gasteiger partial charge in [0.2, 0.25) is 5.89 Å². The SMILES string of the molecule is Cc1nc(-c2ccccc2O)oc1C.[Zn]. The number of phenolic OH excluding ortho intramolecular Hbond substituents is 1. The molecule has 3 nitrogen and oxygen atoms in total. The van der Waals surface area contributed by atoms with Crippen LogP contribution in [0.1, 0.15) is 11.5 Å². The molecule has 2 aromatic rings. The second-order valence-electron chi connectivity index (χ2n) is 3.18. The molecule has 0 unspecified atom stereocenters. The molecule has 0 aliphatic rings. The first-order chi connectivity index (χ1) is 6.68. The van der Waals surface area contributed by atoms with E-state index in [1.54, 1.807) is 18.2 Å². The van der Waals surface area contributed by atoms with E-state index in [0.29, 0.717) is 11.5 Å². The van der Waals surface area contributed by atoms with Crippen molar-refractivity contribution in [1.29, 1.82) is 0 Å². The van der Waals surface area contributed by atoms with Gasteiger partial charge in [0.15, 0.2) is 0 Å². The fourth-order valence-corrected chi connectivity index (χ4v) is 1.24. The Kier molecular flexibility index (Phi) is 3.64. The van der Waals surface area contributed by atoms with Crippen molar-refractivity contribution in [2.75, 3.05) is 0 Å². The monoisotopic (exact) mass is 253 g/mol. The molecule has 4 heteroatoms. The second kappa shape index (κ2) is 4.58. The molecule has 0 radical (unpaired) electrons. The third-order valence-corrected chi connectivity index (χ3v) is 2.16. The fourth-order valence-electron chi connectivity index (χ4n) is 1.24. The van der Waals surface area contributed by atoms with Crippen LogP contribution in [0, 0.1) is 13.8 Å². The number of aromatic hydroxyl groups is 1. The summed E-state index contributed by atoms with van der Waals surface area (Å²) in [5.74, 6) is 1.44. The normalized spacial score (nSPS) is 9.73. The Morgan fingerprint density at radius 1 is 1.20 bits per heavy atom. The minimum atomic E-state index is 0. The first-order valence-electron chi connectivity index (χ1n) is 4.41. The van der Waals surface area contributed by atoms with Crippen molar-refractivity contribution in [2.45, 2.75) is 13.8 Å². The number of phenols is 1. The summed E-state index contributed by atoms with van der Waals surface area (Å²) in [7, 11) is 0. The van der Waals surface area contributed by atoms with Crippen LogP contribution in [0.3, 0.4) is 0 Å². The number of aromatic nitrogens is 1. The Morgan fingerprint density at radius 3 is 2.40 bits per heavy atom. The molecule has 0 saturated carbocycles. The van der Waals surface area contributed by atoms with Gasteiger partial charge in [-0.15, -0.1) is 0 Å². The van der Waals surface area contributed by atoms with Crippen LogP contribution in [-0.4, -0.2) is 10.1 Å². The van der Waals surface area contributed by atoms with E-state index in [1.165, 1.54) is 0 Å². The number of benzene rings is 1. The zero-order valence-electron chi connectivity index (χ0n) is 8.82. The molecular weight excluding hydrogens is 244 g/mol. The van der Waals surface area contributed by atoms with Crippen molar-refractivity contribution in [3.63, 3.8) is 0 Å². The summed E-state index contributed by atoms with van der Waals surface area (Å²) < 4.78 is 5.41. The van der Waals surface area contributed by atoms with E-state index in [2.05, 4.69) is 4.98 Å². The summed E-state index contributed by atoms with van der Waals surface area (Å²) in [6.45, 7) is 3.73. The Labute approximate surface area is 101 Å². The van der Waals surface area contributed by atoms with E-state index in [4.69, 9.17) is 4.42 Å². The van der Waals surface area contributed by atoms with Crippen molar-refractivity contribution >= 4 is 0 Å². The third kappa shape index (κ3) is 2.27. The number of hydrogen-bond donors (Lipinski definition) is 1. The number of oxazole rings is 1. The van der Waals surface area contributed by atoms with Crippen LogP contribution in [0.2, 0.25) is 0 Å². The molecule has 0 amide bonds. The standard InChI is InChI=1S/C11H11NO2.Zn/c1-7-8(2)14-11(12-7)9-5-3-4-6-10(9)13;/h3-6,13H,1-2H3;. The zero-order chi connectivity index (χ0) is 10.1. The maximum Gasteiger partial charge on any atom is 0.230 e. The second-order valence-corrected chi connectivity index (χ2v) is 3.18. The van der Waals surface area contributed by atoms with E-state index in [9.17, 15) is 5.11 Å². The van der Waals surface area contributed by atoms with Gasteiger partial charge in [0.25, 0.3) is 0 Å². The summed E-state index contributed by atoms with van der Waals surface area (Å²) in [4.78, 5) is 4.21. The van der Waals surface area contributed by atoms with Gasteiger partial charge in [-0.2, -0.15) is 0 Å². The van der Waals surface area contributed by atoms with Gasteiger partial charge in [-0.1, -0.05) is 12.1 Å². The molecule has 0 bridgehead atoms. The largest absolute Gasteiger partial charge is 0.507 e. The maximum atomic E-state index is 9.56. The molecule has 0 spiro atoms. The molecule has 0 aliphatic heterocycles. The fraction of sp³-hybridized carbons (Fsp3) is 0.182. The maximum absolute atomic E-state index is 9.56. The van der Waals surface area contributed by atoms with Gasteiger partial charge < -0.3 is 9.52 Å². The van der Waals surface area contributed by atoms with Crippen LogP contribution in [-0.2, 0) is 19.5 Å². The van der Waals surface area contributed by atoms with Gasteiger partial charge in [0.1, 0.15) is 11.5 Å². The van der Waals surface area contributed by atoms with Gasteiger partial charge in [0, 0.05) is 19.5 Å². The van der Waals surface area contributed by atoms with Crippen LogP contribution in [0.25, 0.3) is 11.5 Å². The minimum Gasteiger partial charge on any atom is -0.507 e. The molecular formula is C11H11NO2Zn. The van der Waals surface area contributed by atoms with Crippen molar-refractivity contribution < 1.29 is 29.0 Å². The van der Waals surface area contributed by atoms with Crippen LogP contribution < -0.4 is 0 Å². The quantitative estimate of drug-likeness (QED) is 0.796. The summed E-state index contributed by atoms with van der Waals surface area (Å²) >= 11 is 0. The van der Waals surface area contributed by atoms with E-state index < -0.39 is 0 Å². The van der Waals surface area contributed by atoms with Crippen LogP contribution >= 0.6 is 0 Å². The van der Waals surface area contributed by atoms with E-state index in [1.807, 2.05) is 19.9 Å². The molecule has 1 N–H and O–H groups in total. The number of rotatable bonds is 1. The van der Waals surface area contributed by atoms with E-state index >= 15 is 0 Å².